The molecule has 0 bridgehead atoms. The van der Waals surface area contributed by atoms with E-state index in [1.54, 1.807) is 24.7 Å². The van der Waals surface area contributed by atoms with E-state index >= 15 is 0 Å². The van der Waals surface area contributed by atoms with Gasteiger partial charge in [0.25, 0.3) is 0 Å². The Balaban J connectivity index is 1.53. The van der Waals surface area contributed by atoms with Gasteiger partial charge in [-0.1, -0.05) is 24.3 Å². The van der Waals surface area contributed by atoms with Crippen molar-refractivity contribution in [1.82, 2.24) is 15.0 Å². The lowest BCUT2D eigenvalue weighted by Crippen LogP contribution is -2.08. The molecule has 3 aromatic rings. The summed E-state index contributed by atoms with van der Waals surface area (Å²) in [6, 6.07) is 10.5. The summed E-state index contributed by atoms with van der Waals surface area (Å²) in [6.45, 7) is 0. The van der Waals surface area contributed by atoms with Crippen LogP contribution in [0, 0.1) is 0 Å². The maximum atomic E-state index is 10.9. The fraction of sp³-hybridized carbons (Fsp3) is 0.158. The topological polar surface area (TPSA) is 67.8 Å². The first-order chi connectivity index (χ1) is 11.8. The second kappa shape index (κ2) is 6.20. The van der Waals surface area contributed by atoms with Crippen molar-refractivity contribution in [3.8, 4) is 11.3 Å². The van der Waals surface area contributed by atoms with Gasteiger partial charge in [0.15, 0.2) is 6.29 Å². The van der Waals surface area contributed by atoms with E-state index in [-0.39, 0.29) is 6.04 Å². The molecule has 1 aliphatic carbocycles. The molecule has 2 heterocycles. The molecule has 118 valence electrons. The molecule has 5 nitrogen and oxygen atoms in total. The molecule has 5 heteroatoms. The predicted molar refractivity (Wildman–Crippen MR) is 91.8 cm³/mol. The van der Waals surface area contributed by atoms with Crippen LogP contribution in [0.2, 0.25) is 0 Å². The molecule has 0 amide bonds. The van der Waals surface area contributed by atoms with Crippen molar-refractivity contribution in [2.24, 2.45) is 0 Å². The van der Waals surface area contributed by atoms with Gasteiger partial charge in [-0.3, -0.25) is 14.8 Å². The van der Waals surface area contributed by atoms with Gasteiger partial charge in [0, 0.05) is 23.5 Å². The van der Waals surface area contributed by atoms with Crippen LogP contribution in [0.1, 0.15) is 33.9 Å². The normalized spacial score (nSPS) is 15.8. The average Bonchev–Trinajstić information content (AvgIpc) is 3.05. The van der Waals surface area contributed by atoms with Crippen molar-refractivity contribution in [2.75, 3.05) is 5.32 Å². The molecule has 2 aromatic heterocycles. The van der Waals surface area contributed by atoms with Gasteiger partial charge >= 0.3 is 0 Å². The third kappa shape index (κ3) is 2.76. The molecule has 1 unspecified atom stereocenters. The molecule has 0 radical (unpaired) electrons. The van der Waals surface area contributed by atoms with Gasteiger partial charge in [0.1, 0.15) is 5.82 Å². The maximum Gasteiger partial charge on any atom is 0.151 e. The Morgan fingerprint density at radius 3 is 2.83 bits per heavy atom. The number of hydrogen-bond acceptors (Lipinski definition) is 5. The standard InChI is InChI=1S/C19H16N4O/c24-12-13-7-15(9-20-8-13)18-10-22-19(11-21-18)23-17-6-5-14-3-1-2-4-16(14)17/h1-4,7-12,17H,5-6H2,(H,22,23). The van der Waals surface area contributed by atoms with E-state index in [1.807, 2.05) is 0 Å². The summed E-state index contributed by atoms with van der Waals surface area (Å²) in [4.78, 5) is 23.8. The Labute approximate surface area is 139 Å². The number of hydrogen-bond donors (Lipinski definition) is 1. The number of benzene rings is 1. The van der Waals surface area contributed by atoms with Crippen molar-refractivity contribution in [3.63, 3.8) is 0 Å². The number of aryl methyl sites for hydroxylation is 1. The zero-order chi connectivity index (χ0) is 16.4. The predicted octanol–water partition coefficient (Wildman–Crippen LogP) is 3.45. The monoisotopic (exact) mass is 316 g/mol. The smallest absolute Gasteiger partial charge is 0.151 e. The number of aldehydes is 1. The highest BCUT2D eigenvalue weighted by Gasteiger charge is 2.21. The van der Waals surface area contributed by atoms with Gasteiger partial charge in [0.05, 0.1) is 24.1 Å². The highest BCUT2D eigenvalue weighted by molar-refractivity contribution is 5.77. The van der Waals surface area contributed by atoms with Crippen LogP contribution in [-0.4, -0.2) is 21.2 Å². The molecule has 0 saturated carbocycles. The molecule has 4 rings (SSSR count). The summed E-state index contributed by atoms with van der Waals surface area (Å²) in [6.07, 6.45) is 9.56. The van der Waals surface area contributed by atoms with Gasteiger partial charge in [-0.05, 0) is 30.0 Å². The van der Waals surface area contributed by atoms with Crippen molar-refractivity contribution in [3.05, 3.63) is 71.8 Å². The van der Waals surface area contributed by atoms with E-state index < -0.39 is 0 Å². The summed E-state index contributed by atoms with van der Waals surface area (Å²) < 4.78 is 0. The Hall–Kier alpha value is -3.08. The highest BCUT2D eigenvalue weighted by Crippen LogP contribution is 2.33. The van der Waals surface area contributed by atoms with Crippen LogP contribution < -0.4 is 5.32 Å². The SMILES string of the molecule is O=Cc1cncc(-c2cnc(NC3CCc4ccccc43)cn2)c1. The zero-order valence-corrected chi connectivity index (χ0v) is 13.0. The Kier molecular flexibility index (Phi) is 3.75. The van der Waals surface area contributed by atoms with Gasteiger partial charge in [0.2, 0.25) is 0 Å². The molecule has 24 heavy (non-hydrogen) atoms. The van der Waals surface area contributed by atoms with Crippen molar-refractivity contribution in [2.45, 2.75) is 18.9 Å². The number of anilines is 1. The zero-order valence-electron chi connectivity index (χ0n) is 13.0. The van der Waals surface area contributed by atoms with Crippen molar-refractivity contribution >= 4 is 12.1 Å². The average molecular weight is 316 g/mol. The number of carbonyl (C=O) groups is 1. The fourth-order valence-corrected chi connectivity index (χ4v) is 3.10. The molecule has 0 spiro atoms. The molecule has 0 fully saturated rings. The van der Waals surface area contributed by atoms with Crippen LogP contribution in [0.25, 0.3) is 11.3 Å². The summed E-state index contributed by atoms with van der Waals surface area (Å²) in [7, 11) is 0. The minimum Gasteiger partial charge on any atom is -0.362 e. The minimum atomic E-state index is 0.279. The number of carbonyl (C=O) groups excluding carboxylic acids is 1. The molecule has 0 aliphatic heterocycles. The number of aromatic nitrogens is 3. The van der Waals surface area contributed by atoms with Crippen molar-refractivity contribution in [1.29, 1.82) is 0 Å². The number of nitrogens with zero attached hydrogens (tertiary/aromatic N) is 3. The lowest BCUT2D eigenvalue weighted by atomic mass is 10.1. The Morgan fingerprint density at radius 1 is 1.08 bits per heavy atom. The lowest BCUT2D eigenvalue weighted by molar-refractivity contribution is 0.112. The Morgan fingerprint density at radius 2 is 2.00 bits per heavy atom. The largest absolute Gasteiger partial charge is 0.362 e. The van der Waals surface area contributed by atoms with Crippen LogP contribution >= 0.6 is 0 Å². The summed E-state index contributed by atoms with van der Waals surface area (Å²) >= 11 is 0. The van der Waals surface area contributed by atoms with E-state index in [0.717, 1.165) is 30.5 Å². The van der Waals surface area contributed by atoms with E-state index in [9.17, 15) is 4.79 Å². The van der Waals surface area contributed by atoms with Gasteiger partial charge in [-0.25, -0.2) is 4.98 Å². The quantitative estimate of drug-likeness (QED) is 0.747. The number of fused-ring (bicyclic) bond motifs is 1. The molecular weight excluding hydrogens is 300 g/mol. The van der Waals surface area contributed by atoms with Crippen LogP contribution in [0.4, 0.5) is 5.82 Å². The van der Waals surface area contributed by atoms with Crippen LogP contribution in [0.3, 0.4) is 0 Å². The van der Waals surface area contributed by atoms with Crippen LogP contribution in [-0.2, 0) is 6.42 Å². The van der Waals surface area contributed by atoms with Gasteiger partial charge in [-0.2, -0.15) is 0 Å². The van der Waals surface area contributed by atoms with E-state index in [4.69, 9.17) is 0 Å². The van der Waals surface area contributed by atoms with E-state index in [2.05, 4.69) is 44.5 Å². The number of rotatable bonds is 4. The third-order valence-corrected chi connectivity index (χ3v) is 4.30. The first-order valence-electron chi connectivity index (χ1n) is 7.90. The van der Waals surface area contributed by atoms with Crippen LogP contribution in [0.5, 0.6) is 0 Å². The summed E-state index contributed by atoms with van der Waals surface area (Å²) in [5.41, 5.74) is 4.75. The third-order valence-electron chi connectivity index (χ3n) is 4.30. The van der Waals surface area contributed by atoms with E-state index in [0.29, 0.717) is 11.3 Å². The number of pyridine rings is 1. The maximum absolute atomic E-state index is 10.9. The van der Waals surface area contributed by atoms with Crippen molar-refractivity contribution < 1.29 is 4.79 Å². The molecule has 1 N–H and O–H groups in total. The van der Waals surface area contributed by atoms with Gasteiger partial charge in [-0.15, -0.1) is 0 Å². The fourth-order valence-electron chi connectivity index (χ4n) is 3.10. The van der Waals surface area contributed by atoms with E-state index in [1.165, 1.54) is 17.3 Å². The highest BCUT2D eigenvalue weighted by atomic mass is 16.1. The second-order valence-corrected chi connectivity index (χ2v) is 5.85. The number of nitrogens with one attached hydrogen (secondary N) is 1. The first kappa shape index (κ1) is 14.5. The minimum absolute atomic E-state index is 0.279. The van der Waals surface area contributed by atoms with Crippen LogP contribution in [0.15, 0.2) is 55.1 Å². The van der Waals surface area contributed by atoms with Gasteiger partial charge < -0.3 is 5.32 Å². The lowest BCUT2D eigenvalue weighted by Gasteiger charge is -2.14. The second-order valence-electron chi connectivity index (χ2n) is 5.85. The molecule has 1 atom stereocenters. The molecule has 1 aliphatic rings. The summed E-state index contributed by atoms with van der Waals surface area (Å²) in [5, 5.41) is 3.45. The molecule has 0 saturated heterocycles. The summed E-state index contributed by atoms with van der Waals surface area (Å²) in [5.74, 6) is 0.750. The molecular formula is C19H16N4O. The Bertz CT molecular complexity index is 877. The first-order valence-corrected chi connectivity index (χ1v) is 7.90. The molecule has 1 aromatic carbocycles.